The lowest BCUT2D eigenvalue weighted by atomic mass is 9.83. The Bertz CT molecular complexity index is 4360. The monoisotopic (exact) mass is 707 g/mol. The summed E-state index contributed by atoms with van der Waals surface area (Å²) in [5, 5.41) is -2.41. The summed E-state index contributed by atoms with van der Waals surface area (Å²) in [5.41, 5.74) is 1.04. The van der Waals surface area contributed by atoms with Crippen molar-refractivity contribution >= 4 is 65.0 Å². The highest BCUT2D eigenvalue weighted by Gasteiger charge is 2.19. The van der Waals surface area contributed by atoms with Crippen LogP contribution in [-0.2, 0) is 6.42 Å². The maximum atomic E-state index is 10.3. The molecule has 0 aliphatic heterocycles. The Kier molecular flexibility index (Phi) is 3.74. The minimum Gasteiger partial charge on any atom is -0.456 e. The van der Waals surface area contributed by atoms with E-state index in [4.69, 9.17) is 20.9 Å². The van der Waals surface area contributed by atoms with Crippen LogP contribution >= 0.6 is 0 Å². The molecule has 54 heavy (non-hydrogen) atoms. The first-order valence-corrected chi connectivity index (χ1v) is 17.0. The van der Waals surface area contributed by atoms with Crippen molar-refractivity contribution < 1.29 is 33.2 Å². The van der Waals surface area contributed by atoms with Crippen LogP contribution in [-0.4, -0.2) is 0 Å². The summed E-state index contributed by atoms with van der Waals surface area (Å²) < 4.78 is 198. The highest BCUT2D eigenvalue weighted by molar-refractivity contribution is 6.19. The summed E-state index contributed by atoms with van der Waals surface area (Å²) in [7, 11) is 0. The average molecular weight is 708 g/mol. The number of benzene rings is 10. The second-order valence-corrected chi connectivity index (χ2v) is 12.8. The van der Waals surface area contributed by atoms with Gasteiger partial charge >= 0.3 is 0 Å². The van der Waals surface area contributed by atoms with Crippen LogP contribution in [0.15, 0.2) is 198 Å². The van der Waals surface area contributed by atoms with Crippen LogP contribution in [0.2, 0.25) is 0 Å². The summed E-state index contributed by atoms with van der Waals surface area (Å²) >= 11 is 0. The van der Waals surface area contributed by atoms with Gasteiger partial charge in [0.25, 0.3) is 0 Å². The van der Waals surface area contributed by atoms with Gasteiger partial charge in [0.15, 0.2) is 0 Å². The Morgan fingerprint density at radius 2 is 0.963 bits per heavy atom. The molecule has 11 aromatic rings. The Labute approximate surface area is 342 Å². The lowest BCUT2D eigenvalue weighted by molar-refractivity contribution is 0.669. The van der Waals surface area contributed by atoms with Crippen LogP contribution in [0.4, 0.5) is 0 Å². The zero-order valence-corrected chi connectivity index (χ0v) is 28.0. The maximum Gasteiger partial charge on any atom is 0.135 e. The number of furan rings is 1. The smallest absolute Gasteiger partial charge is 0.135 e. The lowest BCUT2D eigenvalue weighted by Gasteiger charge is -2.20. The van der Waals surface area contributed by atoms with Crippen molar-refractivity contribution in [1.82, 2.24) is 0 Å². The average Bonchev–Trinajstić information content (AvgIpc) is 3.80. The van der Waals surface area contributed by atoms with Gasteiger partial charge in [-0.1, -0.05) is 157 Å². The molecule has 1 heteroatoms. The molecule has 0 spiro atoms. The quantitative estimate of drug-likeness (QED) is 0.162. The number of fused-ring (bicyclic) bond motifs is 7. The molecule has 10 aromatic carbocycles. The maximum absolute atomic E-state index is 10.3. The van der Waals surface area contributed by atoms with Crippen molar-refractivity contribution in [1.29, 1.82) is 0 Å². The van der Waals surface area contributed by atoms with Crippen LogP contribution < -0.4 is 0 Å². The molecule has 0 bridgehead atoms. The molecule has 0 radical (unpaired) electrons. The van der Waals surface area contributed by atoms with Crippen molar-refractivity contribution in [3.8, 4) is 33.4 Å². The molecule has 0 aliphatic carbocycles. The Hall–Kier alpha value is -6.96. The molecule has 0 saturated carbocycles. The van der Waals surface area contributed by atoms with E-state index in [9.17, 15) is 12.3 Å². The fourth-order valence-corrected chi connectivity index (χ4v) is 7.32. The van der Waals surface area contributed by atoms with Crippen molar-refractivity contribution in [3.05, 3.63) is 205 Å². The molecule has 1 nitrogen and oxygen atoms in total. The molecular formula is C53H34O. The van der Waals surface area contributed by atoms with Gasteiger partial charge in [0, 0.05) is 10.8 Å². The molecule has 1 heterocycles. The topological polar surface area (TPSA) is 13.1 Å². The van der Waals surface area contributed by atoms with Gasteiger partial charge < -0.3 is 4.42 Å². The van der Waals surface area contributed by atoms with E-state index < -0.39 is 182 Å². The van der Waals surface area contributed by atoms with E-state index >= 15 is 0 Å². The standard InChI is InChI=1S/C53H34O/c1-2-13-34(14-3-1)36-25-27-51-48(30-36)49-31-37(26-28-52(49)54-51)40-29-38-16-5-7-20-42(38)50(33-40)53-45-23-10-8-21-43(45)47(44-22-9-11-24-46(44)53)32-39-18-12-17-35-15-4-6-19-41(35)39/h1-31,33H,32H2/i4D,5D,6D,7D,8D,9D,10D,11D,12D,15D,16D,17D,18D,19D,20D,21D,22D,23D,24D,29D,33D. The van der Waals surface area contributed by atoms with Crippen molar-refractivity contribution in [3.63, 3.8) is 0 Å². The SMILES string of the molecule is [2H]c1c([2H])c([2H])c2c(Cc3c4c([2H])c([2H])c([2H])c([2H])c4c(-c4c([2H])c(-c5ccc6oc7ccc(-c8ccccc8)cc7c6c5)c([2H])c5c([2H])c([2H])c([2H])c([2H])c45)c4c([2H])c([2H])c([2H])c([2H])c34)c([2H])c([2H])c([2H])c2c1[2H]. The Morgan fingerprint density at radius 3 is 1.65 bits per heavy atom. The zero-order chi connectivity index (χ0) is 53.9. The summed E-state index contributed by atoms with van der Waals surface area (Å²) in [6.45, 7) is 0. The summed E-state index contributed by atoms with van der Waals surface area (Å²) in [5.74, 6) is 0. The molecule has 0 unspecified atom stereocenters. The predicted molar refractivity (Wildman–Crippen MR) is 229 cm³/mol. The minimum absolute atomic E-state index is 0.179. The van der Waals surface area contributed by atoms with Crippen LogP contribution in [0.3, 0.4) is 0 Å². The zero-order valence-electron chi connectivity index (χ0n) is 49.0. The van der Waals surface area contributed by atoms with E-state index in [2.05, 4.69) is 0 Å². The molecular weight excluding hydrogens is 653 g/mol. The number of rotatable bonds is 5. The van der Waals surface area contributed by atoms with E-state index in [1.807, 2.05) is 42.5 Å². The van der Waals surface area contributed by atoms with Crippen LogP contribution in [0.1, 0.15) is 39.9 Å². The molecule has 0 aliphatic rings. The molecule has 0 saturated heterocycles. The highest BCUT2D eigenvalue weighted by atomic mass is 16.3. The minimum atomic E-state index is -0.852. The fourth-order valence-electron chi connectivity index (χ4n) is 7.32. The van der Waals surface area contributed by atoms with E-state index in [0.717, 1.165) is 11.1 Å². The van der Waals surface area contributed by atoms with Crippen LogP contribution in [0.25, 0.3) is 98.4 Å². The molecule has 252 valence electrons. The van der Waals surface area contributed by atoms with Crippen molar-refractivity contribution in [2.24, 2.45) is 0 Å². The molecule has 1 aromatic heterocycles. The van der Waals surface area contributed by atoms with Crippen LogP contribution in [0.5, 0.6) is 0 Å². The first-order valence-electron chi connectivity index (χ1n) is 27.5. The lowest BCUT2D eigenvalue weighted by Crippen LogP contribution is -1.97. The number of hydrogen-bond acceptors (Lipinski definition) is 1. The van der Waals surface area contributed by atoms with E-state index in [1.165, 1.54) is 0 Å². The third-order valence-electron chi connectivity index (χ3n) is 9.77. The van der Waals surface area contributed by atoms with E-state index in [1.54, 1.807) is 24.3 Å². The fraction of sp³-hybridized carbons (Fsp3) is 0.0189. The van der Waals surface area contributed by atoms with Gasteiger partial charge in [-0.15, -0.1) is 0 Å². The first-order chi connectivity index (χ1) is 35.5. The Balaban J connectivity index is 1.35. The first kappa shape index (κ1) is 16.4. The molecule has 0 N–H and O–H groups in total. The predicted octanol–water partition coefficient (Wildman–Crippen LogP) is 14.8. The van der Waals surface area contributed by atoms with Gasteiger partial charge in [-0.2, -0.15) is 0 Å². The number of hydrogen-bond donors (Lipinski definition) is 0. The third-order valence-corrected chi connectivity index (χ3v) is 9.77. The van der Waals surface area contributed by atoms with Gasteiger partial charge in [-0.25, -0.2) is 0 Å². The van der Waals surface area contributed by atoms with E-state index in [0.29, 0.717) is 21.9 Å². The van der Waals surface area contributed by atoms with Crippen molar-refractivity contribution in [2.45, 2.75) is 6.42 Å². The van der Waals surface area contributed by atoms with Crippen molar-refractivity contribution in [2.75, 3.05) is 0 Å². The molecule has 0 atom stereocenters. The second-order valence-electron chi connectivity index (χ2n) is 12.8. The summed E-state index contributed by atoms with van der Waals surface area (Å²) in [4.78, 5) is 0. The summed E-state index contributed by atoms with van der Waals surface area (Å²) in [6, 6.07) is 4.11. The van der Waals surface area contributed by atoms with Gasteiger partial charge in [-0.05, 0) is 130 Å². The van der Waals surface area contributed by atoms with Gasteiger partial charge in [0.1, 0.15) is 11.2 Å². The van der Waals surface area contributed by atoms with Gasteiger partial charge in [-0.3, -0.25) is 0 Å². The Morgan fingerprint density at radius 1 is 0.407 bits per heavy atom. The third kappa shape index (κ3) is 4.94. The molecule has 11 rings (SSSR count). The van der Waals surface area contributed by atoms with E-state index in [-0.39, 0.29) is 27.6 Å². The normalized spacial score (nSPS) is 17.2. The highest BCUT2D eigenvalue weighted by Crippen LogP contribution is 2.45. The van der Waals surface area contributed by atoms with Crippen LogP contribution in [0, 0.1) is 0 Å². The second kappa shape index (κ2) is 12.3. The summed E-state index contributed by atoms with van der Waals surface area (Å²) in [6.07, 6.45) is -0.781. The molecule has 0 fully saturated rings. The van der Waals surface area contributed by atoms with Gasteiger partial charge in [0.05, 0.1) is 28.8 Å². The molecule has 0 amide bonds. The van der Waals surface area contributed by atoms with Gasteiger partial charge in [0.2, 0.25) is 0 Å². The largest absolute Gasteiger partial charge is 0.456 e.